The van der Waals surface area contributed by atoms with Gasteiger partial charge in [-0.1, -0.05) is 13.8 Å². The molecule has 0 spiro atoms. The molecule has 3 heteroatoms. The van der Waals surface area contributed by atoms with Crippen LogP contribution in [0.5, 0.6) is 0 Å². The van der Waals surface area contributed by atoms with Crippen molar-refractivity contribution in [2.45, 2.75) is 26.7 Å². The maximum Gasteiger partial charge on any atom is 0.0594 e. The average Bonchev–Trinajstić information content (AvgIpc) is 2.28. The number of hydrogen-bond donors (Lipinski definition) is 0. The lowest BCUT2D eigenvalue weighted by molar-refractivity contribution is 0.0333. The molecule has 0 radical (unpaired) electrons. The fraction of sp³-hybridized carbons (Fsp3) is 1.00. The molecule has 0 N–H and O–H groups in total. The van der Waals surface area contributed by atoms with E-state index in [1.165, 1.54) is 39.0 Å². The van der Waals surface area contributed by atoms with Crippen LogP contribution >= 0.6 is 0 Å². The van der Waals surface area contributed by atoms with Gasteiger partial charge in [0.1, 0.15) is 0 Å². The molecule has 3 nitrogen and oxygen atoms in total. The highest BCUT2D eigenvalue weighted by molar-refractivity contribution is 4.65. The molecule has 15 heavy (non-hydrogen) atoms. The lowest BCUT2D eigenvalue weighted by Gasteiger charge is -2.29. The monoisotopic (exact) mass is 214 g/mol. The van der Waals surface area contributed by atoms with Crippen molar-refractivity contribution in [3.8, 4) is 0 Å². The SMILES string of the molecule is CCCN(CCC)CCN1CCOCC1. The summed E-state index contributed by atoms with van der Waals surface area (Å²) in [5, 5.41) is 0. The molecule has 0 aromatic heterocycles. The number of nitrogens with zero attached hydrogens (tertiary/aromatic N) is 2. The predicted molar refractivity (Wildman–Crippen MR) is 64.3 cm³/mol. The van der Waals surface area contributed by atoms with E-state index >= 15 is 0 Å². The van der Waals surface area contributed by atoms with Crippen molar-refractivity contribution in [1.29, 1.82) is 0 Å². The Kier molecular flexibility index (Phi) is 6.98. The first-order valence-corrected chi connectivity index (χ1v) is 6.39. The van der Waals surface area contributed by atoms with Crippen molar-refractivity contribution in [2.24, 2.45) is 0 Å². The van der Waals surface area contributed by atoms with Crippen LogP contribution in [-0.2, 0) is 4.74 Å². The van der Waals surface area contributed by atoms with E-state index in [-0.39, 0.29) is 0 Å². The van der Waals surface area contributed by atoms with E-state index in [4.69, 9.17) is 4.74 Å². The number of hydrogen-bond acceptors (Lipinski definition) is 3. The minimum absolute atomic E-state index is 0.918. The summed E-state index contributed by atoms with van der Waals surface area (Å²) in [4.78, 5) is 5.09. The molecule has 0 atom stereocenters. The second-order valence-corrected chi connectivity index (χ2v) is 4.30. The molecular weight excluding hydrogens is 188 g/mol. The first-order chi connectivity index (χ1) is 7.36. The summed E-state index contributed by atoms with van der Waals surface area (Å²) >= 11 is 0. The third kappa shape index (κ3) is 5.50. The van der Waals surface area contributed by atoms with Gasteiger partial charge < -0.3 is 9.64 Å². The molecule has 90 valence electrons. The Balaban J connectivity index is 2.13. The van der Waals surface area contributed by atoms with Crippen molar-refractivity contribution in [3.63, 3.8) is 0 Å². The Hall–Kier alpha value is -0.120. The first kappa shape index (κ1) is 12.9. The van der Waals surface area contributed by atoms with E-state index in [1.807, 2.05) is 0 Å². The summed E-state index contributed by atoms with van der Waals surface area (Å²) in [5.41, 5.74) is 0. The van der Waals surface area contributed by atoms with E-state index in [0.717, 1.165) is 26.3 Å². The third-order valence-electron chi connectivity index (χ3n) is 2.92. The van der Waals surface area contributed by atoms with Gasteiger partial charge in [0.25, 0.3) is 0 Å². The molecule has 1 aliphatic rings. The summed E-state index contributed by atoms with van der Waals surface area (Å²) in [6.45, 7) is 13.5. The van der Waals surface area contributed by atoms with Crippen LogP contribution < -0.4 is 0 Å². The third-order valence-corrected chi connectivity index (χ3v) is 2.92. The molecule has 1 rings (SSSR count). The first-order valence-electron chi connectivity index (χ1n) is 6.39. The summed E-state index contributed by atoms with van der Waals surface area (Å²) < 4.78 is 5.35. The fourth-order valence-electron chi connectivity index (χ4n) is 2.08. The van der Waals surface area contributed by atoms with E-state index in [2.05, 4.69) is 23.6 Å². The standard InChI is InChI=1S/C12H26N2O/c1-3-5-13(6-4-2)7-8-14-9-11-15-12-10-14/h3-12H2,1-2H3. The number of ether oxygens (including phenoxy) is 1. The highest BCUT2D eigenvalue weighted by Crippen LogP contribution is 1.99. The Morgan fingerprint density at radius 2 is 1.60 bits per heavy atom. The van der Waals surface area contributed by atoms with E-state index in [9.17, 15) is 0 Å². The normalized spacial score (nSPS) is 18.6. The number of rotatable bonds is 7. The molecule has 1 aliphatic heterocycles. The molecule has 0 saturated carbocycles. The molecule has 0 bridgehead atoms. The van der Waals surface area contributed by atoms with Crippen LogP contribution in [0.3, 0.4) is 0 Å². The van der Waals surface area contributed by atoms with Crippen LogP contribution in [-0.4, -0.2) is 62.3 Å². The summed E-state index contributed by atoms with van der Waals surface area (Å²) in [5.74, 6) is 0. The topological polar surface area (TPSA) is 15.7 Å². The minimum Gasteiger partial charge on any atom is -0.379 e. The summed E-state index contributed by atoms with van der Waals surface area (Å²) in [6.07, 6.45) is 2.53. The van der Waals surface area contributed by atoms with Gasteiger partial charge in [0.15, 0.2) is 0 Å². The smallest absolute Gasteiger partial charge is 0.0594 e. The Labute approximate surface area is 94.4 Å². The van der Waals surface area contributed by atoms with Gasteiger partial charge in [0.2, 0.25) is 0 Å². The zero-order valence-corrected chi connectivity index (χ0v) is 10.4. The van der Waals surface area contributed by atoms with E-state index < -0.39 is 0 Å². The van der Waals surface area contributed by atoms with Crippen LogP contribution in [0.25, 0.3) is 0 Å². The second kappa shape index (κ2) is 8.08. The largest absolute Gasteiger partial charge is 0.379 e. The molecule has 0 aromatic rings. The van der Waals surface area contributed by atoms with Gasteiger partial charge in [-0.05, 0) is 25.9 Å². The molecule has 1 saturated heterocycles. The zero-order chi connectivity index (χ0) is 10.9. The molecule has 1 heterocycles. The number of morpholine rings is 1. The van der Waals surface area contributed by atoms with Crippen LogP contribution in [0.2, 0.25) is 0 Å². The van der Waals surface area contributed by atoms with Crippen LogP contribution in [0.15, 0.2) is 0 Å². The highest BCUT2D eigenvalue weighted by atomic mass is 16.5. The molecule has 0 aliphatic carbocycles. The van der Waals surface area contributed by atoms with Gasteiger partial charge in [0.05, 0.1) is 13.2 Å². The summed E-state index contributed by atoms with van der Waals surface area (Å²) in [7, 11) is 0. The van der Waals surface area contributed by atoms with Crippen LogP contribution in [0.1, 0.15) is 26.7 Å². The van der Waals surface area contributed by atoms with Gasteiger partial charge in [-0.25, -0.2) is 0 Å². The van der Waals surface area contributed by atoms with Gasteiger partial charge in [0, 0.05) is 26.2 Å². The van der Waals surface area contributed by atoms with Gasteiger partial charge in [-0.3, -0.25) is 4.90 Å². The van der Waals surface area contributed by atoms with Crippen LogP contribution in [0, 0.1) is 0 Å². The Morgan fingerprint density at radius 1 is 1.00 bits per heavy atom. The van der Waals surface area contributed by atoms with E-state index in [0.29, 0.717) is 0 Å². The van der Waals surface area contributed by atoms with Crippen LogP contribution in [0.4, 0.5) is 0 Å². The van der Waals surface area contributed by atoms with Gasteiger partial charge in [-0.2, -0.15) is 0 Å². The Bertz CT molecular complexity index is 141. The average molecular weight is 214 g/mol. The minimum atomic E-state index is 0.918. The van der Waals surface area contributed by atoms with Crippen molar-refractivity contribution >= 4 is 0 Å². The maximum atomic E-state index is 5.35. The van der Waals surface area contributed by atoms with Gasteiger partial charge >= 0.3 is 0 Å². The molecule has 0 aromatic carbocycles. The van der Waals surface area contributed by atoms with E-state index in [1.54, 1.807) is 0 Å². The summed E-state index contributed by atoms with van der Waals surface area (Å²) in [6, 6.07) is 0. The van der Waals surface area contributed by atoms with Crippen molar-refractivity contribution in [1.82, 2.24) is 9.80 Å². The zero-order valence-electron chi connectivity index (χ0n) is 10.4. The predicted octanol–water partition coefficient (Wildman–Crippen LogP) is 1.44. The lowest BCUT2D eigenvalue weighted by Crippen LogP contribution is -2.41. The van der Waals surface area contributed by atoms with Gasteiger partial charge in [-0.15, -0.1) is 0 Å². The second-order valence-electron chi connectivity index (χ2n) is 4.30. The fourth-order valence-corrected chi connectivity index (χ4v) is 2.08. The maximum absolute atomic E-state index is 5.35. The quantitative estimate of drug-likeness (QED) is 0.638. The van der Waals surface area contributed by atoms with Crippen molar-refractivity contribution < 1.29 is 4.74 Å². The van der Waals surface area contributed by atoms with Crippen molar-refractivity contribution in [2.75, 3.05) is 52.5 Å². The lowest BCUT2D eigenvalue weighted by atomic mass is 10.3. The highest BCUT2D eigenvalue weighted by Gasteiger charge is 2.11. The van der Waals surface area contributed by atoms with Crippen molar-refractivity contribution in [3.05, 3.63) is 0 Å². The molecule has 0 unspecified atom stereocenters. The molecular formula is C12H26N2O. The molecule has 1 fully saturated rings. The molecule has 0 amide bonds. The Morgan fingerprint density at radius 3 is 2.13 bits per heavy atom.